The lowest BCUT2D eigenvalue weighted by Gasteiger charge is -2.10. The van der Waals surface area contributed by atoms with E-state index >= 15 is 0 Å². The van der Waals surface area contributed by atoms with Gasteiger partial charge in [0.25, 0.3) is 0 Å². The molecule has 1 heterocycles. The Balaban J connectivity index is 0.00000192. The number of halogens is 1. The van der Waals surface area contributed by atoms with Gasteiger partial charge in [0.2, 0.25) is 0 Å². The highest BCUT2D eigenvalue weighted by Gasteiger charge is 2.09. The molecule has 3 N–H and O–H groups in total. The molecule has 0 saturated carbocycles. The predicted octanol–water partition coefficient (Wildman–Crippen LogP) is -1.06. The van der Waals surface area contributed by atoms with E-state index in [1.807, 2.05) is 66.0 Å². The number of rotatable bonds is 7. The van der Waals surface area contributed by atoms with Crippen LogP contribution >= 0.6 is 0 Å². The van der Waals surface area contributed by atoms with Crippen LogP contribution < -0.4 is 22.5 Å². The molecule has 0 aliphatic heterocycles. The highest BCUT2D eigenvalue weighted by atomic mass is 35.5. The molecule has 4 nitrogen and oxygen atoms in total. The molecule has 0 radical (unpaired) electrons. The minimum atomic E-state index is -0.510. The zero-order valence-electron chi connectivity index (χ0n) is 12.7. The van der Waals surface area contributed by atoms with E-state index in [0.29, 0.717) is 19.7 Å². The van der Waals surface area contributed by atoms with E-state index in [9.17, 15) is 5.11 Å². The zero-order chi connectivity index (χ0) is 15.2. The molecule has 23 heavy (non-hydrogen) atoms. The highest BCUT2D eigenvalue weighted by molar-refractivity contribution is 5.77. The molecule has 0 saturated heterocycles. The van der Waals surface area contributed by atoms with Crippen LogP contribution in [0.25, 0.3) is 11.0 Å². The van der Waals surface area contributed by atoms with Gasteiger partial charge in [0, 0.05) is 5.39 Å². The van der Waals surface area contributed by atoms with Gasteiger partial charge in [-0.15, -0.1) is 0 Å². The summed E-state index contributed by atoms with van der Waals surface area (Å²) in [7, 11) is 0. The van der Waals surface area contributed by atoms with Gasteiger partial charge in [-0.25, -0.2) is 0 Å². The zero-order valence-corrected chi connectivity index (χ0v) is 13.4. The number of hydrogen-bond acceptors (Lipinski definition) is 3. The van der Waals surface area contributed by atoms with Crippen LogP contribution in [0.4, 0.5) is 0 Å². The number of aliphatic hydroxyl groups is 1. The van der Waals surface area contributed by atoms with Crippen molar-refractivity contribution in [1.82, 2.24) is 0 Å². The number of aliphatic hydroxyl groups excluding tert-OH is 1. The van der Waals surface area contributed by atoms with Crippen molar-refractivity contribution in [1.29, 1.82) is 0 Å². The van der Waals surface area contributed by atoms with Gasteiger partial charge < -0.3 is 32.0 Å². The van der Waals surface area contributed by atoms with Crippen LogP contribution in [0.5, 0.6) is 5.75 Å². The molecule has 122 valence electrons. The molecule has 0 bridgehead atoms. The third kappa shape index (κ3) is 4.99. The van der Waals surface area contributed by atoms with Crippen molar-refractivity contribution < 1.29 is 32.0 Å². The lowest BCUT2D eigenvalue weighted by molar-refractivity contribution is -0.678. The van der Waals surface area contributed by atoms with Crippen LogP contribution in [0.3, 0.4) is 0 Å². The smallest absolute Gasteiger partial charge is 0.159 e. The van der Waals surface area contributed by atoms with Gasteiger partial charge in [0.15, 0.2) is 5.76 Å². The van der Waals surface area contributed by atoms with Gasteiger partial charge in [-0.1, -0.05) is 36.4 Å². The Kier molecular flexibility index (Phi) is 6.47. The van der Waals surface area contributed by atoms with E-state index in [4.69, 9.17) is 9.15 Å². The van der Waals surface area contributed by atoms with Gasteiger partial charge in [-0.3, -0.25) is 0 Å². The summed E-state index contributed by atoms with van der Waals surface area (Å²) >= 11 is 0. The number of para-hydroxylation sites is 2. The van der Waals surface area contributed by atoms with Gasteiger partial charge in [-0.2, -0.15) is 0 Å². The third-order valence-electron chi connectivity index (χ3n) is 3.45. The fourth-order valence-corrected chi connectivity index (χ4v) is 2.33. The molecule has 3 aromatic rings. The number of hydrogen-bond donors (Lipinski definition) is 2. The molecule has 0 spiro atoms. The first-order valence-corrected chi connectivity index (χ1v) is 7.46. The number of benzene rings is 2. The van der Waals surface area contributed by atoms with Crippen molar-refractivity contribution in [2.75, 3.05) is 13.2 Å². The van der Waals surface area contributed by atoms with Crippen molar-refractivity contribution in [3.05, 3.63) is 66.4 Å². The number of fused-ring (bicyclic) bond motifs is 1. The van der Waals surface area contributed by atoms with E-state index in [-0.39, 0.29) is 12.4 Å². The number of furan rings is 1. The van der Waals surface area contributed by atoms with Crippen molar-refractivity contribution in [3.63, 3.8) is 0 Å². The van der Waals surface area contributed by atoms with Crippen LogP contribution in [0, 0.1) is 0 Å². The van der Waals surface area contributed by atoms with Gasteiger partial charge in [0.05, 0.1) is 0 Å². The maximum absolute atomic E-state index is 9.94. The van der Waals surface area contributed by atoms with Crippen LogP contribution in [0.15, 0.2) is 65.1 Å². The Labute approximate surface area is 141 Å². The fourth-order valence-electron chi connectivity index (χ4n) is 2.33. The number of quaternary nitrogens is 1. The van der Waals surface area contributed by atoms with Crippen molar-refractivity contribution in [3.8, 4) is 5.75 Å². The van der Waals surface area contributed by atoms with Crippen molar-refractivity contribution in [2.45, 2.75) is 12.6 Å². The molecule has 1 atom stereocenters. The van der Waals surface area contributed by atoms with Gasteiger partial charge >= 0.3 is 0 Å². The second kappa shape index (κ2) is 8.58. The summed E-state index contributed by atoms with van der Waals surface area (Å²) in [6.45, 7) is 1.57. The molecule has 1 aromatic heterocycles. The topological polar surface area (TPSA) is 59.2 Å². The molecule has 0 fully saturated rings. The first kappa shape index (κ1) is 17.3. The summed E-state index contributed by atoms with van der Waals surface area (Å²) < 4.78 is 11.3. The molecule has 2 aromatic carbocycles. The number of ether oxygens (including phenoxy) is 1. The Morgan fingerprint density at radius 3 is 2.57 bits per heavy atom. The van der Waals surface area contributed by atoms with Crippen LogP contribution in [-0.2, 0) is 6.54 Å². The van der Waals surface area contributed by atoms with E-state index in [2.05, 4.69) is 0 Å². The summed E-state index contributed by atoms with van der Waals surface area (Å²) in [4.78, 5) is 0. The predicted molar refractivity (Wildman–Crippen MR) is 84.7 cm³/mol. The molecule has 0 aliphatic rings. The second-order valence-electron chi connectivity index (χ2n) is 5.26. The average Bonchev–Trinajstić information content (AvgIpc) is 2.96. The van der Waals surface area contributed by atoms with E-state index in [1.54, 1.807) is 0 Å². The Hall–Kier alpha value is -2.01. The van der Waals surface area contributed by atoms with Gasteiger partial charge in [0.1, 0.15) is 37.1 Å². The van der Waals surface area contributed by atoms with E-state index < -0.39 is 6.10 Å². The summed E-state index contributed by atoms with van der Waals surface area (Å²) in [5.41, 5.74) is 0.902. The maximum Gasteiger partial charge on any atom is 0.159 e. The molecular formula is C18H20ClNO3. The Bertz CT molecular complexity index is 681. The quantitative estimate of drug-likeness (QED) is 0.579. The molecule has 5 heteroatoms. The molecular weight excluding hydrogens is 314 g/mol. The maximum atomic E-state index is 9.94. The minimum absolute atomic E-state index is 0. The largest absolute Gasteiger partial charge is 1.00 e. The average molecular weight is 334 g/mol. The Morgan fingerprint density at radius 2 is 1.78 bits per heavy atom. The van der Waals surface area contributed by atoms with E-state index in [0.717, 1.165) is 22.5 Å². The summed E-state index contributed by atoms with van der Waals surface area (Å²) in [6.07, 6.45) is -0.510. The molecule has 0 aliphatic carbocycles. The second-order valence-corrected chi connectivity index (χ2v) is 5.26. The van der Waals surface area contributed by atoms with Crippen LogP contribution in [0.2, 0.25) is 0 Å². The standard InChI is InChI=1S/C18H19NO3.ClH/c20-15(13-21-16-7-2-1-3-8-16)11-19-12-17-10-14-6-4-5-9-18(14)22-17;/h1-10,15,19-20H,11-13H2;1H. The first-order valence-electron chi connectivity index (χ1n) is 7.46. The lowest BCUT2D eigenvalue weighted by atomic mass is 10.2. The number of nitrogens with two attached hydrogens (primary N) is 1. The van der Waals surface area contributed by atoms with E-state index in [1.165, 1.54) is 0 Å². The summed E-state index contributed by atoms with van der Waals surface area (Å²) in [6, 6.07) is 19.5. The van der Waals surface area contributed by atoms with Gasteiger partial charge in [-0.05, 0) is 24.3 Å². The van der Waals surface area contributed by atoms with Crippen molar-refractivity contribution >= 4 is 11.0 Å². The van der Waals surface area contributed by atoms with Crippen molar-refractivity contribution in [2.24, 2.45) is 0 Å². The molecule has 0 amide bonds. The normalized spacial score (nSPS) is 11.9. The fraction of sp³-hybridized carbons (Fsp3) is 0.222. The lowest BCUT2D eigenvalue weighted by Crippen LogP contribution is -3.00. The minimum Gasteiger partial charge on any atom is -1.00 e. The highest BCUT2D eigenvalue weighted by Crippen LogP contribution is 2.17. The summed E-state index contributed by atoms with van der Waals surface area (Å²) in [5, 5.41) is 13.1. The van der Waals surface area contributed by atoms with Crippen LogP contribution in [-0.4, -0.2) is 24.4 Å². The molecule has 3 rings (SSSR count). The summed E-state index contributed by atoms with van der Waals surface area (Å²) in [5.74, 6) is 1.69. The molecule has 1 unspecified atom stereocenters. The monoisotopic (exact) mass is 333 g/mol. The Morgan fingerprint density at radius 1 is 1.04 bits per heavy atom. The third-order valence-corrected chi connectivity index (χ3v) is 3.45. The van der Waals surface area contributed by atoms with Crippen LogP contribution in [0.1, 0.15) is 5.76 Å². The SMILES string of the molecule is OC(C[NH2+]Cc1cc2ccccc2o1)COc1ccccc1.[Cl-]. The first-order chi connectivity index (χ1) is 10.8.